The number of amides is 2. The number of anilines is 1. The molecule has 3 rings (SSSR count). The average molecular weight is 428 g/mol. The van der Waals surface area contributed by atoms with Crippen LogP contribution < -0.4 is 10.6 Å². The van der Waals surface area contributed by atoms with E-state index in [1.165, 1.54) is 48.4 Å². The number of hydrogen-bond donors (Lipinski definition) is 2. The molecule has 13 heteroatoms. The van der Waals surface area contributed by atoms with Crippen molar-refractivity contribution in [2.24, 2.45) is 7.05 Å². The van der Waals surface area contributed by atoms with E-state index in [2.05, 4.69) is 30.8 Å². The van der Waals surface area contributed by atoms with Crippen molar-refractivity contribution in [1.82, 2.24) is 30.0 Å². The number of aromatic nitrogens is 5. The summed E-state index contributed by atoms with van der Waals surface area (Å²) in [7, 11) is 1.70. The van der Waals surface area contributed by atoms with Crippen LogP contribution in [0.4, 0.5) is 11.6 Å². The first-order chi connectivity index (χ1) is 14.4. The van der Waals surface area contributed by atoms with Crippen LogP contribution in [0.15, 0.2) is 47.9 Å². The molecule has 0 aliphatic rings. The average Bonchev–Trinajstić information content (AvgIpc) is 3.10. The monoisotopic (exact) mass is 428 g/mol. The molecule has 2 heterocycles. The molecule has 0 atom stereocenters. The molecule has 3 aromatic rings. The molecule has 0 saturated carbocycles. The summed E-state index contributed by atoms with van der Waals surface area (Å²) in [4.78, 5) is 42.3. The summed E-state index contributed by atoms with van der Waals surface area (Å²) in [5.74, 6) is -0.0221. The Balaban J connectivity index is 1.53. The minimum absolute atomic E-state index is 0.0651. The van der Waals surface area contributed by atoms with Gasteiger partial charge in [0.15, 0.2) is 11.0 Å². The molecule has 154 valence electrons. The zero-order chi connectivity index (χ0) is 21.5. The normalized spacial score (nSPS) is 10.4. The van der Waals surface area contributed by atoms with Gasteiger partial charge in [-0.2, -0.15) is 0 Å². The molecule has 12 nitrogen and oxygen atoms in total. The summed E-state index contributed by atoms with van der Waals surface area (Å²) in [5, 5.41) is 24.5. The topological polar surface area (TPSA) is 158 Å². The number of hydrogen-bond acceptors (Lipinski definition) is 9. The van der Waals surface area contributed by atoms with Gasteiger partial charge in [-0.3, -0.25) is 25.0 Å². The van der Waals surface area contributed by atoms with Crippen molar-refractivity contribution in [3.05, 3.63) is 64.2 Å². The molecule has 30 heavy (non-hydrogen) atoms. The molecule has 0 spiro atoms. The van der Waals surface area contributed by atoms with Crippen LogP contribution in [-0.4, -0.2) is 47.2 Å². The summed E-state index contributed by atoms with van der Waals surface area (Å²) in [5.41, 5.74) is -0.0000530. The molecular weight excluding hydrogens is 412 g/mol. The lowest BCUT2D eigenvalue weighted by Crippen LogP contribution is -2.24. The fraction of sp³-hybridized carbons (Fsp3) is 0.176. The zero-order valence-corrected chi connectivity index (χ0v) is 16.5. The van der Waals surface area contributed by atoms with Crippen molar-refractivity contribution in [2.75, 3.05) is 11.1 Å². The number of nitrogens with zero attached hydrogens (tertiary/aromatic N) is 6. The van der Waals surface area contributed by atoms with E-state index in [4.69, 9.17) is 0 Å². The summed E-state index contributed by atoms with van der Waals surface area (Å²) in [6.07, 6.45) is 3.04. The van der Waals surface area contributed by atoms with Crippen molar-refractivity contribution >= 4 is 35.2 Å². The van der Waals surface area contributed by atoms with Gasteiger partial charge in [0, 0.05) is 37.1 Å². The SMILES string of the molecule is Cn1c(CNC(=O)c2cccc([N+](=O)[O-])c2)nnc1SCC(=O)Nc1ncccn1. The Kier molecular flexibility index (Phi) is 6.64. The molecule has 2 aromatic heterocycles. The van der Waals surface area contributed by atoms with E-state index in [9.17, 15) is 19.7 Å². The standard InChI is InChI=1S/C17H16N8O4S/c1-24-13(9-20-15(27)11-4-2-5-12(8-11)25(28)29)22-23-17(24)30-10-14(26)21-16-18-6-3-7-19-16/h2-8H,9-10H2,1H3,(H,20,27)(H,18,19,21,26). The quantitative estimate of drug-likeness (QED) is 0.305. The fourth-order valence-electron chi connectivity index (χ4n) is 2.30. The second-order valence-electron chi connectivity index (χ2n) is 5.86. The second kappa shape index (κ2) is 9.56. The maximum atomic E-state index is 12.2. The molecule has 0 bridgehead atoms. The Labute approximate surface area is 174 Å². The smallest absolute Gasteiger partial charge is 0.270 e. The Bertz CT molecular complexity index is 1070. The number of nitro benzene ring substituents is 1. The van der Waals surface area contributed by atoms with Gasteiger partial charge in [0.2, 0.25) is 11.9 Å². The van der Waals surface area contributed by atoms with Crippen molar-refractivity contribution in [3.8, 4) is 0 Å². The molecular formula is C17H16N8O4S. The highest BCUT2D eigenvalue weighted by atomic mass is 32.2. The Morgan fingerprint density at radius 2 is 1.97 bits per heavy atom. The minimum atomic E-state index is -0.566. The maximum absolute atomic E-state index is 12.2. The van der Waals surface area contributed by atoms with E-state index in [1.807, 2.05) is 0 Å². The lowest BCUT2D eigenvalue weighted by molar-refractivity contribution is -0.384. The minimum Gasteiger partial charge on any atom is -0.345 e. The summed E-state index contributed by atoms with van der Waals surface area (Å²) in [6.45, 7) is 0.0651. The number of nitrogens with one attached hydrogen (secondary N) is 2. The van der Waals surface area contributed by atoms with E-state index in [0.717, 1.165) is 0 Å². The molecule has 1 aromatic carbocycles. The molecule has 0 unspecified atom stereocenters. The van der Waals surface area contributed by atoms with E-state index in [1.54, 1.807) is 17.7 Å². The number of carbonyl (C=O) groups excluding carboxylic acids is 2. The Hall–Kier alpha value is -3.87. The summed E-state index contributed by atoms with van der Waals surface area (Å²) >= 11 is 1.17. The van der Waals surface area contributed by atoms with E-state index in [-0.39, 0.29) is 35.4 Å². The summed E-state index contributed by atoms with van der Waals surface area (Å²) < 4.78 is 1.64. The van der Waals surface area contributed by atoms with Gasteiger partial charge in [0.1, 0.15) is 0 Å². The van der Waals surface area contributed by atoms with Crippen LogP contribution >= 0.6 is 11.8 Å². The number of rotatable bonds is 8. The summed E-state index contributed by atoms with van der Waals surface area (Å²) in [6, 6.07) is 7.07. The van der Waals surface area contributed by atoms with Crippen molar-refractivity contribution in [2.45, 2.75) is 11.7 Å². The fourth-order valence-corrected chi connectivity index (χ4v) is 3.03. The highest BCUT2D eigenvalue weighted by Gasteiger charge is 2.15. The Morgan fingerprint density at radius 1 is 1.20 bits per heavy atom. The van der Waals surface area contributed by atoms with Crippen LogP contribution in [0.25, 0.3) is 0 Å². The first-order valence-electron chi connectivity index (χ1n) is 8.54. The molecule has 0 fully saturated rings. The molecule has 2 amide bonds. The third-order valence-corrected chi connectivity index (χ3v) is 4.82. The van der Waals surface area contributed by atoms with Gasteiger partial charge < -0.3 is 9.88 Å². The van der Waals surface area contributed by atoms with E-state index in [0.29, 0.717) is 11.0 Å². The van der Waals surface area contributed by atoms with Gasteiger partial charge >= 0.3 is 0 Å². The van der Waals surface area contributed by atoms with Crippen molar-refractivity contribution in [1.29, 1.82) is 0 Å². The van der Waals surface area contributed by atoms with Gasteiger partial charge in [-0.15, -0.1) is 10.2 Å². The van der Waals surface area contributed by atoms with Crippen LogP contribution in [0.3, 0.4) is 0 Å². The van der Waals surface area contributed by atoms with Crippen LogP contribution in [0.2, 0.25) is 0 Å². The lowest BCUT2D eigenvalue weighted by Gasteiger charge is -2.06. The Morgan fingerprint density at radius 3 is 2.70 bits per heavy atom. The predicted molar refractivity (Wildman–Crippen MR) is 107 cm³/mol. The van der Waals surface area contributed by atoms with Gasteiger partial charge in [-0.05, 0) is 12.1 Å². The van der Waals surface area contributed by atoms with Gasteiger partial charge in [0.25, 0.3) is 11.6 Å². The first-order valence-corrected chi connectivity index (χ1v) is 9.53. The number of nitro groups is 1. The maximum Gasteiger partial charge on any atom is 0.270 e. The highest BCUT2D eigenvalue weighted by Crippen LogP contribution is 2.16. The molecule has 2 N–H and O–H groups in total. The molecule has 0 aliphatic carbocycles. The zero-order valence-electron chi connectivity index (χ0n) is 15.7. The number of thioether (sulfide) groups is 1. The largest absolute Gasteiger partial charge is 0.345 e. The van der Waals surface area contributed by atoms with E-state index >= 15 is 0 Å². The molecule has 0 radical (unpaired) electrons. The van der Waals surface area contributed by atoms with Crippen molar-refractivity contribution < 1.29 is 14.5 Å². The molecule has 0 aliphatic heterocycles. The first kappa shape index (κ1) is 20.9. The van der Waals surface area contributed by atoms with Gasteiger partial charge in [-0.25, -0.2) is 9.97 Å². The van der Waals surface area contributed by atoms with Crippen LogP contribution in [0.5, 0.6) is 0 Å². The van der Waals surface area contributed by atoms with Crippen LogP contribution in [-0.2, 0) is 18.4 Å². The number of carbonyl (C=O) groups is 2. The van der Waals surface area contributed by atoms with Crippen LogP contribution in [0.1, 0.15) is 16.2 Å². The van der Waals surface area contributed by atoms with Gasteiger partial charge in [-0.1, -0.05) is 17.8 Å². The number of non-ortho nitro benzene ring substituents is 1. The lowest BCUT2D eigenvalue weighted by atomic mass is 10.2. The van der Waals surface area contributed by atoms with Crippen LogP contribution in [0, 0.1) is 10.1 Å². The third kappa shape index (κ3) is 5.35. The third-order valence-electron chi connectivity index (χ3n) is 3.80. The van der Waals surface area contributed by atoms with Gasteiger partial charge in [0.05, 0.1) is 17.2 Å². The second-order valence-corrected chi connectivity index (χ2v) is 6.80. The van der Waals surface area contributed by atoms with Crippen molar-refractivity contribution in [3.63, 3.8) is 0 Å². The highest BCUT2D eigenvalue weighted by molar-refractivity contribution is 7.99. The molecule has 0 saturated heterocycles. The predicted octanol–water partition coefficient (Wildman–Crippen LogP) is 1.17. The van der Waals surface area contributed by atoms with E-state index < -0.39 is 10.8 Å². The number of benzene rings is 1.